The van der Waals surface area contributed by atoms with Crippen LogP contribution in [-0.2, 0) is 24.2 Å². The third-order valence-electron chi connectivity index (χ3n) is 2.23. The molecule has 3 heteroatoms. The first-order valence-corrected chi connectivity index (χ1v) is 4.70. The van der Waals surface area contributed by atoms with Gasteiger partial charge in [0.25, 0.3) is 0 Å². The molecule has 0 radical (unpaired) electrons. The number of carbonyl (C=O) groups is 1. The highest BCUT2D eigenvalue weighted by Crippen LogP contribution is 2.13. The summed E-state index contributed by atoms with van der Waals surface area (Å²) >= 11 is 0. The lowest BCUT2D eigenvalue weighted by molar-refractivity contribution is -0.136. The number of rotatable bonds is 4. The first-order valence-electron chi connectivity index (χ1n) is 4.70. The van der Waals surface area contributed by atoms with Crippen molar-refractivity contribution >= 4 is 5.97 Å². The van der Waals surface area contributed by atoms with Crippen molar-refractivity contribution in [2.24, 2.45) is 5.73 Å². The number of aliphatic carboxylic acids is 1. The van der Waals surface area contributed by atoms with Gasteiger partial charge in [0, 0.05) is 6.54 Å². The Balaban J connectivity index is 2.98. The molecule has 1 rings (SSSR count). The van der Waals surface area contributed by atoms with Crippen LogP contribution in [0.5, 0.6) is 0 Å². The molecule has 0 aromatic heterocycles. The SMILES string of the molecule is CCc1cc(CN)ccc1CC(=O)O. The van der Waals surface area contributed by atoms with Crippen molar-refractivity contribution in [1.29, 1.82) is 0 Å². The van der Waals surface area contributed by atoms with E-state index in [0.29, 0.717) is 6.54 Å². The predicted molar refractivity (Wildman–Crippen MR) is 55.1 cm³/mol. The van der Waals surface area contributed by atoms with Crippen molar-refractivity contribution in [3.8, 4) is 0 Å². The summed E-state index contributed by atoms with van der Waals surface area (Å²) in [5, 5.41) is 8.69. The van der Waals surface area contributed by atoms with Gasteiger partial charge in [0.1, 0.15) is 0 Å². The minimum atomic E-state index is -0.791. The van der Waals surface area contributed by atoms with Crippen LogP contribution in [0, 0.1) is 0 Å². The van der Waals surface area contributed by atoms with Gasteiger partial charge in [-0.2, -0.15) is 0 Å². The van der Waals surface area contributed by atoms with Crippen molar-refractivity contribution < 1.29 is 9.90 Å². The zero-order valence-electron chi connectivity index (χ0n) is 8.29. The normalized spacial score (nSPS) is 10.1. The monoisotopic (exact) mass is 193 g/mol. The summed E-state index contributed by atoms with van der Waals surface area (Å²) in [6.45, 7) is 2.52. The summed E-state index contributed by atoms with van der Waals surface area (Å²) in [5.74, 6) is -0.791. The number of benzene rings is 1. The molecule has 0 bridgehead atoms. The van der Waals surface area contributed by atoms with Crippen LogP contribution in [0.4, 0.5) is 0 Å². The summed E-state index contributed by atoms with van der Waals surface area (Å²) in [6.07, 6.45) is 0.935. The number of carboxylic acids is 1. The Morgan fingerprint density at radius 2 is 2.14 bits per heavy atom. The molecule has 1 aromatic rings. The van der Waals surface area contributed by atoms with Gasteiger partial charge < -0.3 is 10.8 Å². The Kier molecular flexibility index (Phi) is 3.65. The van der Waals surface area contributed by atoms with Crippen LogP contribution in [-0.4, -0.2) is 11.1 Å². The highest BCUT2D eigenvalue weighted by atomic mass is 16.4. The van der Waals surface area contributed by atoms with Crippen LogP contribution in [0.3, 0.4) is 0 Å². The molecule has 0 saturated heterocycles. The Hall–Kier alpha value is -1.35. The van der Waals surface area contributed by atoms with Gasteiger partial charge in [-0.25, -0.2) is 0 Å². The maximum atomic E-state index is 10.6. The molecular formula is C11H15NO2. The van der Waals surface area contributed by atoms with Crippen molar-refractivity contribution in [1.82, 2.24) is 0 Å². The molecule has 0 fully saturated rings. The molecule has 0 amide bonds. The molecule has 0 aliphatic rings. The molecule has 0 aliphatic carbocycles. The summed E-state index contributed by atoms with van der Waals surface area (Å²) in [5.41, 5.74) is 8.53. The van der Waals surface area contributed by atoms with Crippen molar-refractivity contribution in [3.63, 3.8) is 0 Å². The first-order chi connectivity index (χ1) is 6.67. The van der Waals surface area contributed by atoms with Gasteiger partial charge in [0.2, 0.25) is 0 Å². The number of hydrogen-bond donors (Lipinski definition) is 2. The Morgan fingerprint density at radius 1 is 1.43 bits per heavy atom. The van der Waals surface area contributed by atoms with Crippen LogP contribution in [0.1, 0.15) is 23.6 Å². The lowest BCUT2D eigenvalue weighted by Crippen LogP contribution is -2.05. The molecule has 0 aliphatic heterocycles. The van der Waals surface area contributed by atoms with Gasteiger partial charge in [0.15, 0.2) is 0 Å². The second-order valence-electron chi connectivity index (χ2n) is 3.23. The minimum absolute atomic E-state index is 0.0913. The minimum Gasteiger partial charge on any atom is -0.481 e. The molecule has 1 aromatic carbocycles. The van der Waals surface area contributed by atoms with Gasteiger partial charge in [0.05, 0.1) is 6.42 Å². The predicted octanol–water partition coefficient (Wildman–Crippen LogP) is 1.33. The smallest absolute Gasteiger partial charge is 0.307 e. The standard InChI is InChI=1S/C11H15NO2/c1-2-9-5-8(7-12)3-4-10(9)6-11(13)14/h3-5H,2,6-7,12H2,1H3,(H,13,14). The molecule has 0 saturated carbocycles. The number of carboxylic acid groups (broad SMARTS) is 1. The van der Waals surface area contributed by atoms with Crippen LogP contribution < -0.4 is 5.73 Å². The lowest BCUT2D eigenvalue weighted by Gasteiger charge is -2.07. The van der Waals surface area contributed by atoms with Crippen LogP contribution in [0.15, 0.2) is 18.2 Å². The molecule has 0 spiro atoms. The summed E-state index contributed by atoms with van der Waals surface area (Å²) in [6, 6.07) is 5.73. The van der Waals surface area contributed by atoms with E-state index in [9.17, 15) is 4.79 Å². The Labute approximate surface area is 83.6 Å². The van der Waals surface area contributed by atoms with Crippen molar-refractivity contribution in [3.05, 3.63) is 34.9 Å². The lowest BCUT2D eigenvalue weighted by atomic mass is 9.99. The van der Waals surface area contributed by atoms with Crippen LogP contribution >= 0.6 is 0 Å². The average Bonchev–Trinajstić information content (AvgIpc) is 2.17. The van der Waals surface area contributed by atoms with E-state index in [0.717, 1.165) is 23.1 Å². The largest absolute Gasteiger partial charge is 0.481 e. The third kappa shape index (κ3) is 2.57. The van der Waals surface area contributed by atoms with E-state index in [2.05, 4.69) is 0 Å². The molecule has 0 heterocycles. The van der Waals surface area contributed by atoms with Gasteiger partial charge >= 0.3 is 5.97 Å². The molecular weight excluding hydrogens is 178 g/mol. The Morgan fingerprint density at radius 3 is 2.64 bits per heavy atom. The fourth-order valence-electron chi connectivity index (χ4n) is 1.47. The highest BCUT2D eigenvalue weighted by molar-refractivity contribution is 5.70. The summed E-state index contributed by atoms with van der Waals surface area (Å²) < 4.78 is 0. The summed E-state index contributed by atoms with van der Waals surface area (Å²) in [4.78, 5) is 10.6. The second-order valence-corrected chi connectivity index (χ2v) is 3.23. The summed E-state index contributed by atoms with van der Waals surface area (Å²) in [7, 11) is 0. The quantitative estimate of drug-likeness (QED) is 0.758. The van der Waals surface area contributed by atoms with E-state index in [1.165, 1.54) is 0 Å². The fourth-order valence-corrected chi connectivity index (χ4v) is 1.47. The van der Waals surface area contributed by atoms with E-state index in [1.807, 2.05) is 25.1 Å². The van der Waals surface area contributed by atoms with Crippen molar-refractivity contribution in [2.45, 2.75) is 26.3 Å². The maximum Gasteiger partial charge on any atom is 0.307 e. The van der Waals surface area contributed by atoms with E-state index in [1.54, 1.807) is 0 Å². The van der Waals surface area contributed by atoms with E-state index in [4.69, 9.17) is 10.8 Å². The zero-order chi connectivity index (χ0) is 10.6. The van der Waals surface area contributed by atoms with Gasteiger partial charge in [-0.15, -0.1) is 0 Å². The maximum absolute atomic E-state index is 10.6. The zero-order valence-corrected chi connectivity index (χ0v) is 8.29. The number of hydrogen-bond acceptors (Lipinski definition) is 2. The fraction of sp³-hybridized carbons (Fsp3) is 0.364. The van der Waals surface area contributed by atoms with E-state index in [-0.39, 0.29) is 6.42 Å². The molecule has 14 heavy (non-hydrogen) atoms. The van der Waals surface area contributed by atoms with Crippen LogP contribution in [0.25, 0.3) is 0 Å². The van der Waals surface area contributed by atoms with Gasteiger partial charge in [-0.3, -0.25) is 4.79 Å². The Bertz CT molecular complexity index is 334. The number of aryl methyl sites for hydroxylation is 1. The van der Waals surface area contributed by atoms with Crippen LogP contribution in [0.2, 0.25) is 0 Å². The van der Waals surface area contributed by atoms with E-state index < -0.39 is 5.97 Å². The highest BCUT2D eigenvalue weighted by Gasteiger charge is 2.05. The second kappa shape index (κ2) is 4.77. The number of nitrogens with two attached hydrogens (primary N) is 1. The molecule has 76 valence electrons. The molecule has 3 N–H and O–H groups in total. The molecule has 0 atom stereocenters. The average molecular weight is 193 g/mol. The third-order valence-corrected chi connectivity index (χ3v) is 2.23. The van der Waals surface area contributed by atoms with Gasteiger partial charge in [-0.05, 0) is 23.1 Å². The first kappa shape index (κ1) is 10.7. The molecule has 0 unspecified atom stereocenters. The van der Waals surface area contributed by atoms with Gasteiger partial charge in [-0.1, -0.05) is 25.1 Å². The topological polar surface area (TPSA) is 63.3 Å². The van der Waals surface area contributed by atoms with E-state index >= 15 is 0 Å². The van der Waals surface area contributed by atoms with Crippen molar-refractivity contribution in [2.75, 3.05) is 0 Å². The molecule has 3 nitrogen and oxygen atoms in total.